The Kier molecular flexibility index (Phi) is 5.36. The first kappa shape index (κ1) is 17.0. The Bertz CT molecular complexity index is 767. The second-order valence-corrected chi connectivity index (χ2v) is 6.50. The largest absolute Gasteiger partial charge is 0.494 e. The summed E-state index contributed by atoms with van der Waals surface area (Å²) in [5.41, 5.74) is 0.828. The fourth-order valence-electron chi connectivity index (χ4n) is 1.91. The highest BCUT2D eigenvalue weighted by Gasteiger charge is 2.14. The van der Waals surface area contributed by atoms with E-state index in [4.69, 9.17) is 9.84 Å². The van der Waals surface area contributed by atoms with Crippen LogP contribution in [0.15, 0.2) is 53.4 Å². The number of benzene rings is 2. The van der Waals surface area contributed by atoms with Crippen LogP contribution in [0.5, 0.6) is 5.75 Å². The SMILES string of the molecule is CCOc1ccc(CNS(=O)(=O)c2ccc(C(=O)O)cc2)cc1. The molecule has 0 heterocycles. The molecule has 0 bridgehead atoms. The van der Waals surface area contributed by atoms with E-state index in [1.165, 1.54) is 24.3 Å². The first-order valence-corrected chi connectivity index (χ1v) is 8.45. The molecule has 0 spiro atoms. The molecule has 2 rings (SSSR count). The van der Waals surface area contributed by atoms with E-state index in [9.17, 15) is 13.2 Å². The number of carboxylic acid groups (broad SMARTS) is 1. The van der Waals surface area contributed by atoms with Gasteiger partial charge in [0.05, 0.1) is 17.1 Å². The molecule has 0 amide bonds. The number of sulfonamides is 1. The number of aromatic carboxylic acids is 1. The molecule has 0 aliphatic rings. The van der Waals surface area contributed by atoms with E-state index in [0.717, 1.165) is 11.3 Å². The summed E-state index contributed by atoms with van der Waals surface area (Å²) in [5, 5.41) is 8.82. The maximum absolute atomic E-state index is 12.2. The number of ether oxygens (including phenoxy) is 1. The van der Waals surface area contributed by atoms with Crippen molar-refractivity contribution in [3.63, 3.8) is 0 Å². The minimum absolute atomic E-state index is 0.0217. The van der Waals surface area contributed by atoms with E-state index in [1.807, 2.05) is 6.92 Å². The maximum atomic E-state index is 12.2. The van der Waals surface area contributed by atoms with Crippen LogP contribution in [0.2, 0.25) is 0 Å². The lowest BCUT2D eigenvalue weighted by Crippen LogP contribution is -2.23. The van der Waals surface area contributed by atoms with Crippen molar-refractivity contribution in [2.45, 2.75) is 18.4 Å². The normalized spacial score (nSPS) is 11.2. The number of rotatable bonds is 7. The van der Waals surface area contributed by atoms with Gasteiger partial charge in [0.15, 0.2) is 0 Å². The molecule has 0 aliphatic carbocycles. The monoisotopic (exact) mass is 335 g/mol. The van der Waals surface area contributed by atoms with Gasteiger partial charge in [-0.2, -0.15) is 0 Å². The Hall–Kier alpha value is -2.38. The molecule has 0 saturated heterocycles. The van der Waals surface area contributed by atoms with Crippen molar-refractivity contribution < 1.29 is 23.1 Å². The van der Waals surface area contributed by atoms with Crippen molar-refractivity contribution in [1.82, 2.24) is 4.72 Å². The smallest absolute Gasteiger partial charge is 0.335 e. The quantitative estimate of drug-likeness (QED) is 0.809. The summed E-state index contributed by atoms with van der Waals surface area (Å²) in [6.07, 6.45) is 0. The Balaban J connectivity index is 2.04. The molecule has 0 atom stereocenters. The third-order valence-corrected chi connectivity index (χ3v) is 4.53. The van der Waals surface area contributed by atoms with Crippen molar-refractivity contribution in [1.29, 1.82) is 0 Å². The molecule has 2 N–H and O–H groups in total. The number of carbonyl (C=O) groups is 1. The van der Waals surface area contributed by atoms with Crippen LogP contribution in [-0.4, -0.2) is 26.1 Å². The third-order valence-electron chi connectivity index (χ3n) is 3.11. The van der Waals surface area contributed by atoms with Gasteiger partial charge in [0.2, 0.25) is 10.0 Å². The number of hydrogen-bond acceptors (Lipinski definition) is 4. The van der Waals surface area contributed by atoms with Crippen molar-refractivity contribution >= 4 is 16.0 Å². The molecule has 2 aromatic rings. The van der Waals surface area contributed by atoms with E-state index in [1.54, 1.807) is 24.3 Å². The summed E-state index contributed by atoms with van der Waals surface area (Å²) in [6, 6.07) is 12.2. The molecule has 7 heteroatoms. The van der Waals surface area contributed by atoms with Gasteiger partial charge in [-0.25, -0.2) is 17.9 Å². The number of nitrogens with one attached hydrogen (secondary N) is 1. The summed E-state index contributed by atoms with van der Waals surface area (Å²) in [6.45, 7) is 2.59. The molecule has 0 saturated carbocycles. The van der Waals surface area contributed by atoms with E-state index in [-0.39, 0.29) is 17.0 Å². The predicted octanol–water partition coefficient (Wildman–Crippen LogP) is 2.26. The molecule has 0 radical (unpaired) electrons. The molecule has 0 fully saturated rings. The van der Waals surface area contributed by atoms with Gasteiger partial charge in [0, 0.05) is 6.54 Å². The average molecular weight is 335 g/mol. The average Bonchev–Trinajstić information content (AvgIpc) is 2.55. The summed E-state index contributed by atoms with van der Waals surface area (Å²) < 4.78 is 32.1. The molecular formula is C16H17NO5S. The van der Waals surface area contributed by atoms with Gasteiger partial charge < -0.3 is 9.84 Å². The summed E-state index contributed by atoms with van der Waals surface area (Å²) >= 11 is 0. The van der Waals surface area contributed by atoms with Crippen LogP contribution >= 0.6 is 0 Å². The summed E-state index contributed by atoms with van der Waals surface area (Å²) in [7, 11) is -3.70. The van der Waals surface area contributed by atoms with Gasteiger partial charge in [0.25, 0.3) is 0 Å². The molecule has 122 valence electrons. The van der Waals surface area contributed by atoms with E-state index < -0.39 is 16.0 Å². The Labute approximate surface area is 134 Å². The van der Waals surface area contributed by atoms with Crippen molar-refractivity contribution in [3.8, 4) is 5.75 Å². The zero-order valence-corrected chi connectivity index (χ0v) is 13.3. The van der Waals surface area contributed by atoms with Gasteiger partial charge >= 0.3 is 5.97 Å². The van der Waals surface area contributed by atoms with Crippen molar-refractivity contribution in [2.75, 3.05) is 6.61 Å². The van der Waals surface area contributed by atoms with Crippen LogP contribution in [0.1, 0.15) is 22.8 Å². The van der Waals surface area contributed by atoms with Crippen LogP contribution in [0.25, 0.3) is 0 Å². The van der Waals surface area contributed by atoms with Gasteiger partial charge in [-0.1, -0.05) is 12.1 Å². The lowest BCUT2D eigenvalue weighted by atomic mass is 10.2. The zero-order valence-electron chi connectivity index (χ0n) is 12.5. The molecule has 0 aliphatic heterocycles. The highest BCUT2D eigenvalue weighted by Crippen LogP contribution is 2.14. The molecule has 0 unspecified atom stereocenters. The number of hydrogen-bond donors (Lipinski definition) is 2. The molecule has 23 heavy (non-hydrogen) atoms. The highest BCUT2D eigenvalue weighted by molar-refractivity contribution is 7.89. The minimum atomic E-state index is -3.70. The van der Waals surface area contributed by atoms with Gasteiger partial charge in [0.1, 0.15) is 5.75 Å². The Morgan fingerprint density at radius 2 is 1.70 bits per heavy atom. The molecule has 0 aromatic heterocycles. The molecule has 2 aromatic carbocycles. The minimum Gasteiger partial charge on any atom is -0.494 e. The van der Waals surface area contributed by atoms with Gasteiger partial charge in [-0.05, 0) is 48.9 Å². The first-order valence-electron chi connectivity index (χ1n) is 6.97. The summed E-state index contributed by atoms with van der Waals surface area (Å²) in [5.74, 6) is -0.375. The first-order chi connectivity index (χ1) is 10.9. The van der Waals surface area contributed by atoms with Crippen LogP contribution in [0, 0.1) is 0 Å². The van der Waals surface area contributed by atoms with E-state index >= 15 is 0 Å². The van der Waals surface area contributed by atoms with Gasteiger partial charge in [-0.3, -0.25) is 0 Å². The van der Waals surface area contributed by atoms with Crippen molar-refractivity contribution in [3.05, 3.63) is 59.7 Å². The lowest BCUT2D eigenvalue weighted by molar-refractivity contribution is 0.0696. The Morgan fingerprint density at radius 1 is 1.09 bits per heavy atom. The zero-order chi connectivity index (χ0) is 16.9. The number of carboxylic acids is 1. The topological polar surface area (TPSA) is 92.7 Å². The third kappa shape index (κ3) is 4.54. The standard InChI is InChI=1S/C16H17NO5S/c1-2-22-14-7-3-12(4-8-14)11-17-23(20,21)15-9-5-13(6-10-15)16(18)19/h3-10,17H,2,11H2,1H3,(H,18,19). The highest BCUT2D eigenvalue weighted by atomic mass is 32.2. The fourth-order valence-corrected chi connectivity index (χ4v) is 2.93. The summed E-state index contributed by atoms with van der Waals surface area (Å²) in [4.78, 5) is 10.8. The van der Waals surface area contributed by atoms with Crippen LogP contribution < -0.4 is 9.46 Å². The van der Waals surface area contributed by atoms with Crippen LogP contribution in [-0.2, 0) is 16.6 Å². The second-order valence-electron chi connectivity index (χ2n) is 4.73. The lowest BCUT2D eigenvalue weighted by Gasteiger charge is -2.08. The molecule has 6 nitrogen and oxygen atoms in total. The van der Waals surface area contributed by atoms with E-state index in [2.05, 4.69) is 4.72 Å². The predicted molar refractivity (Wildman–Crippen MR) is 85.0 cm³/mol. The fraction of sp³-hybridized carbons (Fsp3) is 0.188. The van der Waals surface area contributed by atoms with E-state index in [0.29, 0.717) is 6.61 Å². The maximum Gasteiger partial charge on any atom is 0.335 e. The van der Waals surface area contributed by atoms with Gasteiger partial charge in [-0.15, -0.1) is 0 Å². The van der Waals surface area contributed by atoms with Crippen LogP contribution in [0.3, 0.4) is 0 Å². The van der Waals surface area contributed by atoms with Crippen molar-refractivity contribution in [2.24, 2.45) is 0 Å². The second kappa shape index (κ2) is 7.26. The van der Waals surface area contributed by atoms with Crippen LogP contribution in [0.4, 0.5) is 0 Å². The Morgan fingerprint density at radius 3 is 2.22 bits per heavy atom. The molecular weight excluding hydrogens is 318 g/mol.